The van der Waals surface area contributed by atoms with Crippen molar-refractivity contribution in [1.82, 2.24) is 0 Å². The zero-order valence-corrected chi connectivity index (χ0v) is 27.8. The van der Waals surface area contributed by atoms with E-state index in [2.05, 4.69) is 50.9 Å². The summed E-state index contributed by atoms with van der Waals surface area (Å²) >= 11 is 0. The number of nitrogens with zero attached hydrogens (tertiary/aromatic N) is 2. The summed E-state index contributed by atoms with van der Waals surface area (Å²) in [5.74, 6) is 4.72. The van der Waals surface area contributed by atoms with Crippen molar-refractivity contribution in [3.63, 3.8) is 0 Å². The van der Waals surface area contributed by atoms with Gasteiger partial charge < -0.3 is 4.74 Å². The quantitative estimate of drug-likeness (QED) is 0.165. The van der Waals surface area contributed by atoms with Gasteiger partial charge in [-0.2, -0.15) is 5.11 Å². The average molecular weight is 595 g/mol. The van der Waals surface area contributed by atoms with Crippen LogP contribution in [0.4, 0.5) is 11.4 Å². The zero-order valence-electron chi connectivity index (χ0n) is 27.8. The van der Waals surface area contributed by atoms with Crippen LogP contribution in [-0.2, 0) is 4.74 Å². The SMILES string of the molecule is CC(C)CCC[C@@H](C)[C@H]1CCC2C3CC=C4CC(OC(=O)c5ccccc5N=Nc5ccccc5)CC[C@]4(C)C3CC[C@@]21C. The molecule has 0 aliphatic heterocycles. The van der Waals surface area contributed by atoms with E-state index in [1.54, 1.807) is 11.6 Å². The molecule has 4 aliphatic rings. The van der Waals surface area contributed by atoms with Crippen molar-refractivity contribution in [3.8, 4) is 0 Å². The van der Waals surface area contributed by atoms with Gasteiger partial charge in [0.1, 0.15) is 11.8 Å². The lowest BCUT2D eigenvalue weighted by Gasteiger charge is -2.58. The lowest BCUT2D eigenvalue weighted by Crippen LogP contribution is -2.51. The summed E-state index contributed by atoms with van der Waals surface area (Å²) in [5.41, 5.74) is 4.11. The molecule has 8 atom stereocenters. The van der Waals surface area contributed by atoms with Crippen molar-refractivity contribution in [2.75, 3.05) is 0 Å². The Bertz CT molecular complexity index is 1360. The van der Waals surface area contributed by atoms with Gasteiger partial charge in [0, 0.05) is 6.42 Å². The van der Waals surface area contributed by atoms with Gasteiger partial charge in [-0.3, -0.25) is 0 Å². The van der Waals surface area contributed by atoms with Crippen LogP contribution in [-0.4, -0.2) is 12.1 Å². The van der Waals surface area contributed by atoms with Crippen LogP contribution < -0.4 is 0 Å². The second kappa shape index (κ2) is 12.9. The minimum Gasteiger partial charge on any atom is -0.458 e. The third-order valence-electron chi connectivity index (χ3n) is 12.7. The fraction of sp³-hybridized carbons (Fsp3) is 0.625. The zero-order chi connectivity index (χ0) is 30.9. The molecular weight excluding hydrogens is 540 g/mol. The predicted octanol–water partition coefficient (Wildman–Crippen LogP) is 11.7. The Hall–Kier alpha value is -2.75. The number of allylic oxidation sites excluding steroid dienone is 1. The van der Waals surface area contributed by atoms with Crippen molar-refractivity contribution < 1.29 is 9.53 Å². The van der Waals surface area contributed by atoms with Crippen LogP contribution in [0, 0.1) is 46.3 Å². The summed E-state index contributed by atoms with van der Waals surface area (Å²) in [4.78, 5) is 13.4. The molecule has 0 amide bonds. The molecule has 0 N–H and O–H groups in total. The monoisotopic (exact) mass is 594 g/mol. The summed E-state index contributed by atoms with van der Waals surface area (Å²) in [5, 5.41) is 8.73. The van der Waals surface area contributed by atoms with Gasteiger partial charge in [-0.25, -0.2) is 4.79 Å². The predicted molar refractivity (Wildman–Crippen MR) is 179 cm³/mol. The molecule has 236 valence electrons. The third kappa shape index (κ3) is 6.07. The molecule has 44 heavy (non-hydrogen) atoms. The number of esters is 1. The minimum atomic E-state index is -0.288. The van der Waals surface area contributed by atoms with Crippen molar-refractivity contribution in [2.45, 2.75) is 111 Å². The van der Waals surface area contributed by atoms with E-state index in [4.69, 9.17) is 4.74 Å². The summed E-state index contributed by atoms with van der Waals surface area (Å²) in [7, 11) is 0. The van der Waals surface area contributed by atoms with E-state index in [0.717, 1.165) is 60.5 Å². The summed E-state index contributed by atoms with van der Waals surface area (Å²) < 4.78 is 6.19. The molecule has 0 spiro atoms. The van der Waals surface area contributed by atoms with E-state index in [9.17, 15) is 4.79 Å². The Balaban J connectivity index is 1.11. The first-order valence-electron chi connectivity index (χ1n) is 17.7. The number of benzene rings is 2. The number of rotatable bonds is 9. The lowest BCUT2D eigenvalue weighted by atomic mass is 9.47. The van der Waals surface area contributed by atoms with Gasteiger partial charge in [0.15, 0.2) is 0 Å². The van der Waals surface area contributed by atoms with Gasteiger partial charge in [-0.15, -0.1) is 5.11 Å². The van der Waals surface area contributed by atoms with E-state index < -0.39 is 0 Å². The summed E-state index contributed by atoms with van der Waals surface area (Å²) in [6.45, 7) is 12.5. The molecule has 0 heterocycles. The number of hydrogen-bond donors (Lipinski definition) is 0. The maximum absolute atomic E-state index is 13.4. The van der Waals surface area contributed by atoms with E-state index in [0.29, 0.717) is 16.7 Å². The molecule has 6 rings (SSSR count). The molecule has 2 aromatic rings. The summed E-state index contributed by atoms with van der Waals surface area (Å²) in [6.07, 6.45) is 16.5. The Labute approximate surface area is 266 Å². The number of ether oxygens (including phenoxy) is 1. The van der Waals surface area contributed by atoms with Crippen molar-refractivity contribution >= 4 is 17.3 Å². The van der Waals surface area contributed by atoms with Crippen molar-refractivity contribution in [2.24, 2.45) is 56.6 Å². The van der Waals surface area contributed by atoms with E-state index in [1.807, 2.05) is 48.5 Å². The lowest BCUT2D eigenvalue weighted by molar-refractivity contribution is -0.0594. The smallest absolute Gasteiger partial charge is 0.340 e. The molecular formula is C40H54N2O2. The maximum atomic E-state index is 13.4. The molecule has 0 aromatic heterocycles. The molecule has 0 saturated heterocycles. The Morgan fingerprint density at radius 3 is 2.45 bits per heavy atom. The second-order valence-electron chi connectivity index (χ2n) is 15.6. The van der Waals surface area contributed by atoms with E-state index in [-0.39, 0.29) is 17.5 Å². The average Bonchev–Trinajstić information content (AvgIpc) is 3.38. The van der Waals surface area contributed by atoms with Crippen LogP contribution in [0.2, 0.25) is 0 Å². The second-order valence-corrected chi connectivity index (χ2v) is 15.6. The molecule has 3 fully saturated rings. The first-order valence-corrected chi connectivity index (χ1v) is 17.7. The van der Waals surface area contributed by atoms with Crippen molar-refractivity contribution in [1.29, 1.82) is 0 Å². The highest BCUT2D eigenvalue weighted by Gasteiger charge is 2.59. The van der Waals surface area contributed by atoms with Crippen LogP contribution in [0.15, 0.2) is 76.5 Å². The highest BCUT2D eigenvalue weighted by molar-refractivity contribution is 5.94. The number of hydrogen-bond acceptors (Lipinski definition) is 4. The molecule has 4 unspecified atom stereocenters. The van der Waals surface area contributed by atoms with Crippen LogP contribution in [0.25, 0.3) is 0 Å². The Morgan fingerprint density at radius 2 is 1.66 bits per heavy atom. The highest BCUT2D eigenvalue weighted by Crippen LogP contribution is 2.67. The van der Waals surface area contributed by atoms with Gasteiger partial charge in [-0.1, -0.05) is 95.9 Å². The largest absolute Gasteiger partial charge is 0.458 e. The molecule has 4 aliphatic carbocycles. The van der Waals surface area contributed by atoms with Gasteiger partial charge in [0.2, 0.25) is 0 Å². The van der Waals surface area contributed by atoms with Crippen LogP contribution >= 0.6 is 0 Å². The standard InChI is InChI=1S/C40H54N2O2/c1-27(2)12-11-13-28(3)34-20-21-35-32-19-18-29-26-31(22-24-39(29,4)36(32)23-25-40(34,35)5)44-38(43)33-16-9-10-17-37(33)42-41-30-14-7-6-8-15-30/h6-10,14-18,27-28,31-32,34-36H,11-13,19-26H2,1-5H3/t28-,31?,32?,34-,35?,36?,39+,40-/m1/s1. The molecule has 4 heteroatoms. The van der Waals surface area contributed by atoms with Crippen LogP contribution in [0.3, 0.4) is 0 Å². The van der Waals surface area contributed by atoms with Gasteiger partial charge in [0.05, 0.1) is 11.3 Å². The highest BCUT2D eigenvalue weighted by atomic mass is 16.5. The minimum absolute atomic E-state index is 0.0751. The molecule has 2 aromatic carbocycles. The Morgan fingerprint density at radius 1 is 0.886 bits per heavy atom. The van der Waals surface area contributed by atoms with Gasteiger partial charge in [-0.05, 0) is 116 Å². The number of azo groups is 1. The molecule has 4 nitrogen and oxygen atoms in total. The molecule has 3 saturated carbocycles. The maximum Gasteiger partial charge on any atom is 0.340 e. The van der Waals surface area contributed by atoms with Crippen molar-refractivity contribution in [3.05, 3.63) is 71.8 Å². The third-order valence-corrected chi connectivity index (χ3v) is 12.7. The summed E-state index contributed by atoms with van der Waals surface area (Å²) in [6, 6.07) is 17.0. The molecule has 0 radical (unpaired) electrons. The van der Waals surface area contributed by atoms with E-state index in [1.165, 1.54) is 51.4 Å². The number of carbonyl (C=O) groups excluding carboxylic acids is 1. The van der Waals surface area contributed by atoms with Gasteiger partial charge in [0.25, 0.3) is 0 Å². The van der Waals surface area contributed by atoms with E-state index >= 15 is 0 Å². The number of fused-ring (bicyclic) bond motifs is 5. The fourth-order valence-corrected chi connectivity index (χ4v) is 10.3. The number of carbonyl (C=O) groups is 1. The first-order chi connectivity index (χ1) is 21.2. The normalized spacial score (nSPS) is 33.8. The van der Waals surface area contributed by atoms with Gasteiger partial charge >= 0.3 is 5.97 Å². The Kier molecular flexibility index (Phi) is 9.18. The first kappa shape index (κ1) is 31.2. The molecule has 0 bridgehead atoms. The topological polar surface area (TPSA) is 51.0 Å². The van der Waals surface area contributed by atoms with Crippen LogP contribution in [0.1, 0.15) is 116 Å². The van der Waals surface area contributed by atoms with Crippen LogP contribution in [0.5, 0.6) is 0 Å². The fourth-order valence-electron chi connectivity index (χ4n) is 10.3.